The highest BCUT2D eigenvalue weighted by Crippen LogP contribution is 2.31. The monoisotopic (exact) mass is 467 g/mol. The number of nitrogens with zero attached hydrogens (tertiary/aromatic N) is 3. The number of hydrogen-bond acceptors (Lipinski definition) is 4. The van der Waals surface area contributed by atoms with Crippen molar-refractivity contribution in [1.29, 1.82) is 0 Å². The molecule has 2 aliphatic heterocycles. The molecule has 1 saturated heterocycles. The number of halogens is 3. The van der Waals surface area contributed by atoms with Crippen molar-refractivity contribution in [1.82, 2.24) is 9.21 Å². The summed E-state index contributed by atoms with van der Waals surface area (Å²) < 4.78 is 65.2. The fourth-order valence-electron chi connectivity index (χ4n) is 4.25. The minimum Gasteiger partial charge on any atom is -0.310 e. The van der Waals surface area contributed by atoms with Crippen molar-refractivity contribution >= 4 is 21.6 Å². The standard InChI is InChI=1S/C22H24F3N3O3S/c1-16(21(29)28-11-10-17-4-2-3-5-20(17)28)26-12-14-27(15-13-26)32(30,31)19-8-6-18(7-9-19)22(23,24)25/h2-9,16H,10-15H2,1H3/t16-/m1/s1. The Labute approximate surface area is 185 Å². The van der Waals surface area contributed by atoms with Crippen molar-refractivity contribution in [2.45, 2.75) is 30.5 Å². The minimum atomic E-state index is -4.52. The van der Waals surface area contributed by atoms with Gasteiger partial charge in [0, 0.05) is 38.4 Å². The number of fused-ring (bicyclic) bond motifs is 1. The molecule has 0 spiro atoms. The van der Waals surface area contributed by atoms with Crippen molar-refractivity contribution in [2.75, 3.05) is 37.6 Å². The SMILES string of the molecule is C[C@H](C(=O)N1CCc2ccccc21)N1CCN(S(=O)(=O)c2ccc(C(F)(F)F)cc2)CC1. The van der Waals surface area contributed by atoms with Gasteiger partial charge < -0.3 is 4.90 Å². The maximum atomic E-state index is 13.1. The number of carbonyl (C=O) groups excluding carboxylic acids is 1. The van der Waals surface area contributed by atoms with Gasteiger partial charge in [-0.3, -0.25) is 9.69 Å². The number of hydrogen-bond donors (Lipinski definition) is 0. The van der Waals surface area contributed by atoms with E-state index in [0.29, 0.717) is 19.6 Å². The molecule has 2 aromatic rings. The fourth-order valence-corrected chi connectivity index (χ4v) is 5.67. The summed E-state index contributed by atoms with van der Waals surface area (Å²) in [4.78, 5) is 16.6. The number of anilines is 1. The largest absolute Gasteiger partial charge is 0.416 e. The molecule has 4 rings (SSSR count). The van der Waals surface area contributed by atoms with Crippen LogP contribution in [-0.2, 0) is 27.4 Å². The predicted molar refractivity (Wildman–Crippen MR) is 114 cm³/mol. The quantitative estimate of drug-likeness (QED) is 0.694. The van der Waals surface area contributed by atoms with E-state index < -0.39 is 27.8 Å². The zero-order chi connectivity index (χ0) is 23.1. The van der Waals surface area contributed by atoms with Crippen LogP contribution in [0.3, 0.4) is 0 Å². The Morgan fingerprint density at radius 1 is 0.938 bits per heavy atom. The summed E-state index contributed by atoms with van der Waals surface area (Å²) in [5, 5.41) is 0. The molecule has 0 radical (unpaired) electrons. The zero-order valence-electron chi connectivity index (χ0n) is 17.5. The molecular formula is C22H24F3N3O3S. The average Bonchev–Trinajstić information content (AvgIpc) is 3.22. The van der Waals surface area contributed by atoms with E-state index in [4.69, 9.17) is 0 Å². The van der Waals surface area contributed by atoms with Crippen LogP contribution in [0.2, 0.25) is 0 Å². The van der Waals surface area contributed by atoms with Crippen LogP contribution in [0.1, 0.15) is 18.1 Å². The summed E-state index contributed by atoms with van der Waals surface area (Å²) >= 11 is 0. The van der Waals surface area contributed by atoms with Crippen molar-refractivity contribution in [3.63, 3.8) is 0 Å². The minimum absolute atomic E-state index is 0.0194. The van der Waals surface area contributed by atoms with Gasteiger partial charge in [0.15, 0.2) is 0 Å². The second-order valence-corrected chi connectivity index (χ2v) is 9.94. The first kappa shape index (κ1) is 22.8. The average molecular weight is 468 g/mol. The summed E-state index contributed by atoms with van der Waals surface area (Å²) in [6.07, 6.45) is -3.71. The van der Waals surface area contributed by atoms with Gasteiger partial charge in [0.2, 0.25) is 15.9 Å². The molecule has 2 aromatic carbocycles. The molecule has 2 aliphatic rings. The lowest BCUT2D eigenvalue weighted by molar-refractivity contribution is -0.137. The lowest BCUT2D eigenvalue weighted by Crippen LogP contribution is -2.55. The number of alkyl halides is 3. The highest BCUT2D eigenvalue weighted by molar-refractivity contribution is 7.89. The molecule has 6 nitrogen and oxygen atoms in total. The van der Waals surface area contributed by atoms with Crippen molar-refractivity contribution in [2.24, 2.45) is 0 Å². The molecular weight excluding hydrogens is 443 g/mol. The third-order valence-corrected chi connectivity index (χ3v) is 8.06. The molecule has 0 aliphatic carbocycles. The van der Waals surface area contributed by atoms with Crippen LogP contribution in [0.15, 0.2) is 53.4 Å². The summed E-state index contributed by atoms with van der Waals surface area (Å²) in [5.41, 5.74) is 1.17. The van der Waals surface area contributed by atoms with E-state index in [-0.39, 0.29) is 23.9 Å². The molecule has 0 aromatic heterocycles. The van der Waals surface area contributed by atoms with Crippen LogP contribution in [0, 0.1) is 0 Å². The Morgan fingerprint density at radius 2 is 1.56 bits per heavy atom. The van der Waals surface area contributed by atoms with Crippen molar-refractivity contribution in [3.8, 4) is 0 Å². The molecule has 0 bridgehead atoms. The molecule has 172 valence electrons. The lowest BCUT2D eigenvalue weighted by Gasteiger charge is -2.38. The topological polar surface area (TPSA) is 60.9 Å². The predicted octanol–water partition coefficient (Wildman–Crippen LogP) is 2.99. The van der Waals surface area contributed by atoms with Crippen LogP contribution < -0.4 is 4.90 Å². The van der Waals surface area contributed by atoms with E-state index in [9.17, 15) is 26.4 Å². The normalized spacial score (nSPS) is 19.1. The van der Waals surface area contributed by atoms with E-state index in [1.807, 2.05) is 36.1 Å². The number of piperazine rings is 1. The van der Waals surface area contributed by atoms with Gasteiger partial charge in [-0.05, 0) is 49.2 Å². The zero-order valence-corrected chi connectivity index (χ0v) is 18.4. The highest BCUT2D eigenvalue weighted by Gasteiger charge is 2.36. The van der Waals surface area contributed by atoms with Crippen LogP contribution in [0.25, 0.3) is 0 Å². The Balaban J connectivity index is 1.40. The Morgan fingerprint density at radius 3 is 2.19 bits per heavy atom. The number of sulfonamides is 1. The number of carbonyl (C=O) groups is 1. The number of benzene rings is 2. The van der Waals surface area contributed by atoms with Gasteiger partial charge in [0.25, 0.3) is 0 Å². The van der Waals surface area contributed by atoms with E-state index in [1.54, 1.807) is 4.90 Å². The van der Waals surface area contributed by atoms with E-state index in [2.05, 4.69) is 0 Å². The van der Waals surface area contributed by atoms with Gasteiger partial charge in [-0.1, -0.05) is 18.2 Å². The molecule has 0 saturated carbocycles. The smallest absolute Gasteiger partial charge is 0.310 e. The Hall–Kier alpha value is -2.43. The summed E-state index contributed by atoms with van der Waals surface area (Å²) in [6.45, 7) is 3.51. The van der Waals surface area contributed by atoms with Gasteiger partial charge in [0.05, 0.1) is 16.5 Å². The van der Waals surface area contributed by atoms with E-state index in [0.717, 1.165) is 41.9 Å². The number of para-hydroxylation sites is 1. The molecule has 1 atom stereocenters. The fraction of sp³-hybridized carbons (Fsp3) is 0.409. The van der Waals surface area contributed by atoms with Crippen LogP contribution in [-0.4, -0.2) is 62.3 Å². The number of rotatable bonds is 4. The lowest BCUT2D eigenvalue weighted by atomic mass is 10.1. The third-order valence-electron chi connectivity index (χ3n) is 6.15. The van der Waals surface area contributed by atoms with E-state index in [1.165, 1.54) is 4.31 Å². The van der Waals surface area contributed by atoms with Gasteiger partial charge in [-0.15, -0.1) is 0 Å². The Bertz CT molecular complexity index is 1100. The number of amides is 1. The second-order valence-electron chi connectivity index (χ2n) is 8.01. The molecule has 0 unspecified atom stereocenters. The van der Waals surface area contributed by atoms with Gasteiger partial charge >= 0.3 is 6.18 Å². The second kappa shape index (κ2) is 8.49. The summed E-state index contributed by atoms with van der Waals surface area (Å²) in [6, 6.07) is 10.9. The Kier molecular flexibility index (Phi) is 6.04. The molecule has 32 heavy (non-hydrogen) atoms. The van der Waals surface area contributed by atoms with E-state index >= 15 is 0 Å². The third kappa shape index (κ3) is 4.26. The van der Waals surface area contributed by atoms with Gasteiger partial charge in [-0.25, -0.2) is 8.42 Å². The van der Waals surface area contributed by atoms with Crippen LogP contribution >= 0.6 is 0 Å². The maximum absolute atomic E-state index is 13.1. The summed E-state index contributed by atoms with van der Waals surface area (Å²) in [5.74, 6) is -0.0194. The molecule has 10 heteroatoms. The molecule has 2 heterocycles. The molecule has 1 amide bonds. The van der Waals surface area contributed by atoms with Crippen LogP contribution in [0.4, 0.5) is 18.9 Å². The van der Waals surface area contributed by atoms with Gasteiger partial charge in [0.1, 0.15) is 0 Å². The van der Waals surface area contributed by atoms with Crippen molar-refractivity contribution < 1.29 is 26.4 Å². The first-order valence-electron chi connectivity index (χ1n) is 10.4. The first-order chi connectivity index (χ1) is 15.1. The molecule has 1 fully saturated rings. The maximum Gasteiger partial charge on any atom is 0.416 e. The van der Waals surface area contributed by atoms with Gasteiger partial charge in [-0.2, -0.15) is 17.5 Å². The first-order valence-corrected chi connectivity index (χ1v) is 11.8. The van der Waals surface area contributed by atoms with Crippen LogP contribution in [0.5, 0.6) is 0 Å². The molecule has 0 N–H and O–H groups in total. The van der Waals surface area contributed by atoms with Crippen molar-refractivity contribution in [3.05, 3.63) is 59.7 Å². The highest BCUT2D eigenvalue weighted by atomic mass is 32.2. The summed E-state index contributed by atoms with van der Waals surface area (Å²) in [7, 11) is -3.91.